The van der Waals surface area contributed by atoms with Gasteiger partial charge in [0.05, 0.1) is 0 Å². The van der Waals surface area contributed by atoms with Gasteiger partial charge >= 0.3 is 6.09 Å². The van der Waals surface area contributed by atoms with E-state index < -0.39 is 6.09 Å². The molecule has 2 aromatic carbocycles. The molecule has 0 aliphatic carbocycles. The van der Waals surface area contributed by atoms with Crippen LogP contribution in [0.2, 0.25) is 0 Å². The van der Waals surface area contributed by atoms with Crippen LogP contribution < -0.4 is 5.32 Å². The van der Waals surface area contributed by atoms with Gasteiger partial charge in [-0.25, -0.2) is 4.79 Å². The van der Waals surface area contributed by atoms with Crippen molar-refractivity contribution in [2.24, 2.45) is 0 Å². The minimum Gasteiger partial charge on any atom is -0.465 e. The second kappa shape index (κ2) is 5.36. The van der Waals surface area contributed by atoms with Crippen molar-refractivity contribution < 1.29 is 9.90 Å². The van der Waals surface area contributed by atoms with Crippen LogP contribution in [0.4, 0.5) is 10.5 Å². The van der Waals surface area contributed by atoms with Gasteiger partial charge in [-0.2, -0.15) is 0 Å². The maximum atomic E-state index is 10.5. The zero-order chi connectivity index (χ0) is 13.0. The average molecular weight is 241 g/mol. The van der Waals surface area contributed by atoms with Crippen LogP contribution in [0.15, 0.2) is 48.5 Å². The van der Waals surface area contributed by atoms with E-state index in [2.05, 4.69) is 36.5 Å². The molecule has 3 heteroatoms. The summed E-state index contributed by atoms with van der Waals surface area (Å²) in [5.74, 6) is 0. The van der Waals surface area contributed by atoms with Gasteiger partial charge in [-0.05, 0) is 35.2 Å². The van der Waals surface area contributed by atoms with E-state index >= 15 is 0 Å². The molecule has 3 nitrogen and oxygen atoms in total. The molecular formula is C15H15NO2. The second-order valence-corrected chi connectivity index (χ2v) is 4.06. The van der Waals surface area contributed by atoms with E-state index in [1.807, 2.05) is 12.1 Å². The van der Waals surface area contributed by atoms with Gasteiger partial charge in [0.15, 0.2) is 0 Å². The van der Waals surface area contributed by atoms with E-state index in [9.17, 15) is 4.79 Å². The summed E-state index contributed by atoms with van der Waals surface area (Å²) in [6.45, 7) is 2.13. The van der Waals surface area contributed by atoms with Crippen LogP contribution in [0, 0.1) is 0 Å². The minimum atomic E-state index is -1.05. The largest absolute Gasteiger partial charge is 0.465 e. The average Bonchev–Trinajstić information content (AvgIpc) is 2.39. The maximum Gasteiger partial charge on any atom is 0.409 e. The highest BCUT2D eigenvalue weighted by atomic mass is 16.4. The number of hydrogen-bond donors (Lipinski definition) is 2. The number of anilines is 1. The molecule has 0 saturated heterocycles. The van der Waals surface area contributed by atoms with E-state index in [1.54, 1.807) is 12.1 Å². The van der Waals surface area contributed by atoms with Gasteiger partial charge < -0.3 is 5.11 Å². The molecule has 0 unspecified atom stereocenters. The lowest BCUT2D eigenvalue weighted by molar-refractivity contribution is 0.210. The Morgan fingerprint density at radius 1 is 1.00 bits per heavy atom. The fourth-order valence-corrected chi connectivity index (χ4v) is 1.80. The minimum absolute atomic E-state index is 0.580. The van der Waals surface area contributed by atoms with Gasteiger partial charge in [0.1, 0.15) is 0 Å². The summed E-state index contributed by atoms with van der Waals surface area (Å²) in [7, 11) is 0. The van der Waals surface area contributed by atoms with Crippen LogP contribution in [-0.2, 0) is 6.42 Å². The van der Waals surface area contributed by atoms with Crippen molar-refractivity contribution in [2.45, 2.75) is 13.3 Å². The first kappa shape index (κ1) is 12.2. The molecule has 0 aliphatic heterocycles. The number of rotatable bonds is 3. The molecule has 0 atom stereocenters. The first-order valence-electron chi connectivity index (χ1n) is 5.88. The first-order valence-corrected chi connectivity index (χ1v) is 5.88. The van der Waals surface area contributed by atoms with Gasteiger partial charge in [0.2, 0.25) is 0 Å². The number of carboxylic acid groups (broad SMARTS) is 1. The van der Waals surface area contributed by atoms with E-state index in [0.717, 1.165) is 17.5 Å². The Hall–Kier alpha value is -2.29. The zero-order valence-corrected chi connectivity index (χ0v) is 10.2. The Kier molecular flexibility index (Phi) is 3.63. The number of nitrogens with one attached hydrogen (secondary N) is 1. The third-order valence-electron chi connectivity index (χ3n) is 2.83. The Morgan fingerprint density at radius 3 is 1.94 bits per heavy atom. The van der Waals surface area contributed by atoms with Gasteiger partial charge in [-0.3, -0.25) is 5.32 Å². The summed E-state index contributed by atoms with van der Waals surface area (Å²) in [6.07, 6.45) is -0.0167. The molecule has 0 aliphatic rings. The lowest BCUT2D eigenvalue weighted by Crippen LogP contribution is -2.06. The van der Waals surface area contributed by atoms with Crippen molar-refractivity contribution in [1.29, 1.82) is 0 Å². The van der Waals surface area contributed by atoms with E-state index in [-0.39, 0.29) is 0 Å². The van der Waals surface area contributed by atoms with Gasteiger partial charge in [0.25, 0.3) is 0 Å². The highest BCUT2D eigenvalue weighted by Crippen LogP contribution is 2.22. The predicted molar refractivity (Wildman–Crippen MR) is 72.9 cm³/mol. The van der Waals surface area contributed by atoms with Crippen molar-refractivity contribution in [2.75, 3.05) is 5.32 Å². The summed E-state index contributed by atoms with van der Waals surface area (Å²) < 4.78 is 0. The molecule has 0 bridgehead atoms. The molecule has 0 heterocycles. The van der Waals surface area contributed by atoms with Crippen LogP contribution in [-0.4, -0.2) is 11.2 Å². The summed E-state index contributed by atoms with van der Waals surface area (Å²) in [6, 6.07) is 15.7. The molecular weight excluding hydrogens is 226 g/mol. The number of carbonyl (C=O) groups is 1. The van der Waals surface area contributed by atoms with E-state index in [1.165, 1.54) is 5.56 Å². The van der Waals surface area contributed by atoms with Gasteiger partial charge in [0, 0.05) is 5.69 Å². The zero-order valence-electron chi connectivity index (χ0n) is 10.2. The maximum absolute atomic E-state index is 10.5. The molecule has 0 fully saturated rings. The Bertz CT molecular complexity index is 529. The van der Waals surface area contributed by atoms with Crippen molar-refractivity contribution >= 4 is 11.8 Å². The lowest BCUT2D eigenvalue weighted by atomic mass is 10.0. The summed E-state index contributed by atoms with van der Waals surface area (Å²) in [5.41, 5.74) is 4.10. The number of aryl methyl sites for hydroxylation is 1. The van der Waals surface area contributed by atoms with Crippen LogP contribution in [0.25, 0.3) is 11.1 Å². The fraction of sp³-hybridized carbons (Fsp3) is 0.133. The van der Waals surface area contributed by atoms with Crippen molar-refractivity contribution in [3.8, 4) is 11.1 Å². The molecule has 0 saturated carbocycles. The van der Waals surface area contributed by atoms with Crippen molar-refractivity contribution in [1.82, 2.24) is 0 Å². The smallest absolute Gasteiger partial charge is 0.409 e. The van der Waals surface area contributed by atoms with Crippen LogP contribution >= 0.6 is 0 Å². The normalized spacial score (nSPS) is 10.1. The second-order valence-electron chi connectivity index (χ2n) is 4.06. The lowest BCUT2D eigenvalue weighted by Gasteiger charge is -2.05. The third-order valence-corrected chi connectivity index (χ3v) is 2.83. The standard InChI is InChI=1S/C15H15NO2/c1-2-11-3-5-12(6-4-11)13-7-9-14(10-8-13)16-15(17)18/h3-10,16H,2H2,1H3,(H,17,18). The third kappa shape index (κ3) is 2.88. The topological polar surface area (TPSA) is 49.3 Å². The van der Waals surface area contributed by atoms with E-state index in [4.69, 9.17) is 5.11 Å². The first-order chi connectivity index (χ1) is 8.69. The molecule has 0 radical (unpaired) electrons. The summed E-state index contributed by atoms with van der Waals surface area (Å²) in [5, 5.41) is 10.9. The molecule has 2 aromatic rings. The molecule has 92 valence electrons. The van der Waals surface area contributed by atoms with E-state index in [0.29, 0.717) is 5.69 Å². The molecule has 2 N–H and O–H groups in total. The van der Waals surface area contributed by atoms with Crippen molar-refractivity contribution in [3.63, 3.8) is 0 Å². The van der Waals surface area contributed by atoms with Crippen LogP contribution in [0.3, 0.4) is 0 Å². The van der Waals surface area contributed by atoms with Crippen LogP contribution in [0.5, 0.6) is 0 Å². The number of amides is 1. The highest BCUT2D eigenvalue weighted by molar-refractivity contribution is 5.83. The highest BCUT2D eigenvalue weighted by Gasteiger charge is 2.00. The molecule has 18 heavy (non-hydrogen) atoms. The monoisotopic (exact) mass is 241 g/mol. The fourth-order valence-electron chi connectivity index (χ4n) is 1.80. The Labute approximate surface area is 106 Å². The molecule has 0 aromatic heterocycles. The Morgan fingerprint density at radius 2 is 1.50 bits per heavy atom. The SMILES string of the molecule is CCc1ccc(-c2ccc(NC(=O)O)cc2)cc1. The molecule has 0 spiro atoms. The van der Waals surface area contributed by atoms with Gasteiger partial charge in [-0.1, -0.05) is 43.3 Å². The van der Waals surface area contributed by atoms with Crippen LogP contribution in [0.1, 0.15) is 12.5 Å². The summed E-state index contributed by atoms with van der Waals surface area (Å²) in [4.78, 5) is 10.5. The van der Waals surface area contributed by atoms with Gasteiger partial charge in [-0.15, -0.1) is 0 Å². The summed E-state index contributed by atoms with van der Waals surface area (Å²) >= 11 is 0. The molecule has 1 amide bonds. The predicted octanol–water partition coefficient (Wildman–Crippen LogP) is 4.01. The molecule has 2 rings (SSSR count). The van der Waals surface area contributed by atoms with Crippen molar-refractivity contribution in [3.05, 3.63) is 54.1 Å². The number of hydrogen-bond acceptors (Lipinski definition) is 1. The quantitative estimate of drug-likeness (QED) is 0.853. The number of benzene rings is 2. The Balaban J connectivity index is 2.20.